The molecule has 0 aliphatic heterocycles. The Morgan fingerprint density at radius 3 is 2.22 bits per heavy atom. The van der Waals surface area contributed by atoms with Gasteiger partial charge < -0.3 is 10.2 Å². The van der Waals surface area contributed by atoms with Crippen LogP contribution in [0, 0.1) is 11.6 Å². The maximum atomic E-state index is 13.2. The zero-order chi connectivity index (χ0) is 20.2. The summed E-state index contributed by atoms with van der Waals surface area (Å²) < 4.78 is 64.1. The molecule has 9 heteroatoms. The van der Waals surface area contributed by atoms with Gasteiger partial charge in [-0.3, -0.25) is 9.59 Å². The largest absolute Gasteiger partial charge is 0.471 e. The highest BCUT2D eigenvalue weighted by atomic mass is 19.4. The van der Waals surface area contributed by atoms with Crippen LogP contribution in [-0.2, 0) is 11.3 Å². The minimum atomic E-state index is -4.98. The molecule has 0 unspecified atom stereocenters. The molecule has 0 aromatic heterocycles. The fourth-order valence-electron chi connectivity index (χ4n) is 2.36. The van der Waals surface area contributed by atoms with E-state index in [0.29, 0.717) is 16.5 Å². The van der Waals surface area contributed by atoms with E-state index in [4.69, 9.17) is 0 Å². The summed E-state index contributed by atoms with van der Waals surface area (Å²) in [4.78, 5) is 24.1. The second-order valence-corrected chi connectivity index (χ2v) is 5.63. The maximum absolute atomic E-state index is 13.2. The van der Waals surface area contributed by atoms with E-state index in [1.54, 1.807) is 0 Å². The number of hydrogen-bond acceptors (Lipinski definition) is 2. The number of anilines is 1. The van der Waals surface area contributed by atoms with Gasteiger partial charge in [0.15, 0.2) is 0 Å². The molecule has 0 atom stereocenters. The lowest BCUT2D eigenvalue weighted by atomic mass is 10.1. The number of carbonyl (C=O) groups is 2. The van der Waals surface area contributed by atoms with Gasteiger partial charge in [0, 0.05) is 30.4 Å². The second-order valence-electron chi connectivity index (χ2n) is 5.63. The second kappa shape index (κ2) is 8.15. The van der Waals surface area contributed by atoms with Crippen LogP contribution >= 0.6 is 0 Å². The minimum absolute atomic E-state index is 0.155. The average Bonchev–Trinajstić information content (AvgIpc) is 2.57. The fourth-order valence-corrected chi connectivity index (χ4v) is 2.36. The van der Waals surface area contributed by atoms with Gasteiger partial charge in [-0.05, 0) is 36.8 Å². The van der Waals surface area contributed by atoms with Gasteiger partial charge in [0.25, 0.3) is 5.91 Å². The van der Waals surface area contributed by atoms with Gasteiger partial charge in [0.2, 0.25) is 0 Å². The number of benzene rings is 2. The number of carbonyl (C=O) groups excluding carboxylic acids is 2. The molecule has 144 valence electrons. The molecule has 0 fully saturated rings. The Kier molecular flexibility index (Phi) is 6.14. The zero-order valence-electron chi connectivity index (χ0n) is 14.1. The molecule has 0 bridgehead atoms. The molecule has 0 heterocycles. The molecular formula is C18H15F5N2O2. The Labute approximate surface area is 151 Å². The first-order valence-corrected chi connectivity index (χ1v) is 7.82. The van der Waals surface area contributed by atoms with Crippen LogP contribution < -0.4 is 5.32 Å². The number of amides is 2. The van der Waals surface area contributed by atoms with Crippen molar-refractivity contribution in [3.05, 3.63) is 65.2 Å². The SMILES string of the molecule is CCN(Cc1cccc(NC(=O)c2cc(F)cc(F)c2)c1)C(=O)C(F)(F)F. The van der Waals surface area contributed by atoms with Crippen molar-refractivity contribution in [2.24, 2.45) is 0 Å². The Balaban J connectivity index is 2.15. The maximum Gasteiger partial charge on any atom is 0.471 e. The molecular weight excluding hydrogens is 371 g/mol. The van der Waals surface area contributed by atoms with Gasteiger partial charge in [-0.2, -0.15) is 13.2 Å². The standard InChI is InChI=1S/C18H15F5N2O2/c1-2-25(17(27)18(21,22)23)10-11-4-3-5-15(6-11)24-16(26)12-7-13(19)9-14(20)8-12/h3-9H,2,10H2,1H3,(H,24,26). The quantitative estimate of drug-likeness (QED) is 0.786. The van der Waals surface area contributed by atoms with Gasteiger partial charge in [0.1, 0.15) is 11.6 Å². The molecule has 27 heavy (non-hydrogen) atoms. The highest BCUT2D eigenvalue weighted by Gasteiger charge is 2.41. The minimum Gasteiger partial charge on any atom is -0.331 e. The molecule has 0 spiro atoms. The highest BCUT2D eigenvalue weighted by molar-refractivity contribution is 6.04. The van der Waals surface area contributed by atoms with E-state index in [0.717, 1.165) is 12.1 Å². The van der Waals surface area contributed by atoms with Crippen molar-refractivity contribution >= 4 is 17.5 Å². The van der Waals surface area contributed by atoms with E-state index in [1.807, 2.05) is 0 Å². The van der Waals surface area contributed by atoms with Gasteiger partial charge in [0.05, 0.1) is 0 Å². The number of alkyl halides is 3. The topological polar surface area (TPSA) is 49.4 Å². The monoisotopic (exact) mass is 386 g/mol. The Bertz CT molecular complexity index is 832. The average molecular weight is 386 g/mol. The van der Waals surface area contributed by atoms with E-state index in [-0.39, 0.29) is 24.3 Å². The highest BCUT2D eigenvalue weighted by Crippen LogP contribution is 2.21. The summed E-state index contributed by atoms with van der Waals surface area (Å²) in [5, 5.41) is 2.41. The third kappa shape index (κ3) is 5.50. The molecule has 1 N–H and O–H groups in total. The van der Waals surface area contributed by atoms with Crippen LogP contribution in [0.15, 0.2) is 42.5 Å². The summed E-state index contributed by atoms with van der Waals surface area (Å²) in [5.74, 6) is -4.59. The summed E-state index contributed by atoms with van der Waals surface area (Å²) in [7, 11) is 0. The first-order valence-electron chi connectivity index (χ1n) is 7.82. The Hall–Kier alpha value is -2.97. The molecule has 2 aromatic rings. The smallest absolute Gasteiger partial charge is 0.331 e. The van der Waals surface area contributed by atoms with Crippen molar-refractivity contribution in [1.82, 2.24) is 4.90 Å². The molecule has 0 aliphatic rings. The Morgan fingerprint density at radius 2 is 1.67 bits per heavy atom. The Morgan fingerprint density at radius 1 is 1.04 bits per heavy atom. The number of nitrogens with one attached hydrogen (secondary N) is 1. The van der Waals surface area contributed by atoms with Crippen LogP contribution in [0.2, 0.25) is 0 Å². The van der Waals surface area contributed by atoms with Crippen LogP contribution in [0.25, 0.3) is 0 Å². The van der Waals surface area contributed by atoms with Crippen LogP contribution in [-0.4, -0.2) is 29.4 Å². The molecule has 2 rings (SSSR count). The summed E-state index contributed by atoms with van der Waals surface area (Å²) >= 11 is 0. The van der Waals surface area contributed by atoms with Crippen molar-refractivity contribution < 1.29 is 31.5 Å². The molecule has 0 saturated carbocycles. The zero-order valence-corrected chi connectivity index (χ0v) is 14.1. The van der Waals surface area contributed by atoms with Crippen molar-refractivity contribution in [2.75, 3.05) is 11.9 Å². The number of halogens is 5. The van der Waals surface area contributed by atoms with Gasteiger partial charge in [-0.1, -0.05) is 12.1 Å². The predicted molar refractivity (Wildman–Crippen MR) is 87.9 cm³/mol. The summed E-state index contributed by atoms with van der Waals surface area (Å²) in [5.41, 5.74) is 0.302. The normalized spacial score (nSPS) is 11.2. The third-order valence-corrected chi connectivity index (χ3v) is 3.59. The van der Waals surface area contributed by atoms with Gasteiger partial charge in [-0.25, -0.2) is 8.78 Å². The molecule has 0 radical (unpaired) electrons. The lowest BCUT2D eigenvalue weighted by molar-refractivity contribution is -0.185. The van der Waals surface area contributed by atoms with E-state index in [2.05, 4.69) is 5.32 Å². The number of hydrogen-bond donors (Lipinski definition) is 1. The number of nitrogens with zero attached hydrogens (tertiary/aromatic N) is 1. The molecule has 0 saturated heterocycles. The van der Waals surface area contributed by atoms with Crippen LogP contribution in [0.4, 0.5) is 27.6 Å². The summed E-state index contributed by atoms with van der Waals surface area (Å²) in [6, 6.07) is 8.12. The molecule has 0 aliphatic carbocycles. The van der Waals surface area contributed by atoms with Crippen molar-refractivity contribution in [1.29, 1.82) is 0 Å². The summed E-state index contributed by atoms with van der Waals surface area (Å²) in [6.07, 6.45) is -4.98. The first kappa shape index (κ1) is 20.3. The van der Waals surface area contributed by atoms with E-state index in [9.17, 15) is 31.5 Å². The van der Waals surface area contributed by atoms with Crippen LogP contribution in [0.3, 0.4) is 0 Å². The third-order valence-electron chi connectivity index (χ3n) is 3.59. The van der Waals surface area contributed by atoms with Crippen molar-refractivity contribution in [2.45, 2.75) is 19.6 Å². The van der Waals surface area contributed by atoms with E-state index >= 15 is 0 Å². The van der Waals surface area contributed by atoms with E-state index in [1.165, 1.54) is 31.2 Å². The molecule has 4 nitrogen and oxygen atoms in total. The molecule has 2 aromatic carbocycles. The van der Waals surface area contributed by atoms with Crippen LogP contribution in [0.5, 0.6) is 0 Å². The lowest BCUT2D eigenvalue weighted by Gasteiger charge is -2.22. The van der Waals surface area contributed by atoms with Crippen molar-refractivity contribution in [3.63, 3.8) is 0 Å². The lowest BCUT2D eigenvalue weighted by Crippen LogP contribution is -2.40. The van der Waals surface area contributed by atoms with E-state index < -0.39 is 29.6 Å². The molecule has 2 amide bonds. The first-order chi connectivity index (χ1) is 12.6. The van der Waals surface area contributed by atoms with Crippen molar-refractivity contribution in [3.8, 4) is 0 Å². The fraction of sp³-hybridized carbons (Fsp3) is 0.222. The summed E-state index contributed by atoms with van der Waals surface area (Å²) in [6.45, 7) is 0.943. The number of rotatable bonds is 5. The predicted octanol–water partition coefficient (Wildman–Crippen LogP) is 4.13. The van der Waals surface area contributed by atoms with Gasteiger partial charge >= 0.3 is 12.1 Å². The van der Waals surface area contributed by atoms with Crippen LogP contribution in [0.1, 0.15) is 22.8 Å². The van der Waals surface area contributed by atoms with Gasteiger partial charge in [-0.15, -0.1) is 0 Å².